The molecule has 2 heterocycles. The predicted octanol–water partition coefficient (Wildman–Crippen LogP) is 1.44. The monoisotopic (exact) mass is 322 g/mol. The fraction of sp³-hybridized carbons (Fsp3) is 0.765. The molecule has 2 saturated heterocycles. The highest BCUT2D eigenvalue weighted by Crippen LogP contribution is 2.28. The second kappa shape index (κ2) is 6.81. The van der Waals surface area contributed by atoms with Gasteiger partial charge in [-0.15, -0.1) is 0 Å². The number of rotatable bonds is 6. The Balaban J connectivity index is 1.88. The van der Waals surface area contributed by atoms with E-state index in [1.165, 1.54) is 9.80 Å². The Hall–Kier alpha value is -1.72. The Bertz CT molecular complexity index is 481. The molecule has 2 fully saturated rings. The Morgan fingerprint density at radius 2 is 1.13 bits per heavy atom. The Morgan fingerprint density at radius 3 is 1.39 bits per heavy atom. The number of imide groups is 2. The second-order valence-electron chi connectivity index (χ2n) is 7.23. The molecule has 2 unspecified atom stereocenters. The van der Waals surface area contributed by atoms with E-state index in [9.17, 15) is 19.2 Å². The van der Waals surface area contributed by atoms with E-state index in [0.29, 0.717) is 6.42 Å². The second-order valence-corrected chi connectivity index (χ2v) is 7.23. The van der Waals surface area contributed by atoms with Crippen LogP contribution in [0.15, 0.2) is 0 Å². The molecule has 0 bridgehead atoms. The summed E-state index contributed by atoms with van der Waals surface area (Å²) >= 11 is 0. The zero-order chi connectivity index (χ0) is 17.3. The molecule has 6 nitrogen and oxygen atoms in total. The van der Waals surface area contributed by atoms with Crippen molar-refractivity contribution in [2.45, 2.75) is 47.0 Å². The lowest BCUT2D eigenvalue weighted by Crippen LogP contribution is -2.37. The maximum Gasteiger partial charge on any atom is 0.233 e. The summed E-state index contributed by atoms with van der Waals surface area (Å²) in [5.41, 5.74) is 0. The molecule has 0 aromatic carbocycles. The minimum atomic E-state index is -0.233. The van der Waals surface area contributed by atoms with Crippen molar-refractivity contribution < 1.29 is 19.2 Å². The molecule has 6 heteroatoms. The largest absolute Gasteiger partial charge is 0.282 e. The molecular weight excluding hydrogens is 296 g/mol. The van der Waals surface area contributed by atoms with Crippen LogP contribution in [0.25, 0.3) is 0 Å². The van der Waals surface area contributed by atoms with E-state index in [1.807, 2.05) is 27.7 Å². The van der Waals surface area contributed by atoms with Crippen molar-refractivity contribution in [2.24, 2.45) is 23.7 Å². The quantitative estimate of drug-likeness (QED) is 0.694. The number of carbonyl (C=O) groups is 4. The highest BCUT2D eigenvalue weighted by molar-refractivity contribution is 6.04. The van der Waals surface area contributed by atoms with Crippen LogP contribution in [0.5, 0.6) is 0 Å². The number of likely N-dealkylation sites (tertiary alicyclic amines) is 2. The maximum atomic E-state index is 12.2. The van der Waals surface area contributed by atoms with Crippen LogP contribution in [0.3, 0.4) is 0 Å². The first-order valence-corrected chi connectivity index (χ1v) is 8.42. The van der Waals surface area contributed by atoms with E-state index in [1.54, 1.807) is 0 Å². The first kappa shape index (κ1) is 17.6. The van der Waals surface area contributed by atoms with Gasteiger partial charge in [-0.1, -0.05) is 27.7 Å². The van der Waals surface area contributed by atoms with Crippen molar-refractivity contribution in [1.29, 1.82) is 0 Å². The molecule has 23 heavy (non-hydrogen) atoms. The van der Waals surface area contributed by atoms with Crippen LogP contribution in [0.4, 0.5) is 0 Å². The minimum absolute atomic E-state index is 0.121. The van der Waals surface area contributed by atoms with Gasteiger partial charge < -0.3 is 0 Å². The number of carbonyl (C=O) groups excluding carboxylic acids is 4. The van der Waals surface area contributed by atoms with E-state index in [-0.39, 0.29) is 73.2 Å². The summed E-state index contributed by atoms with van der Waals surface area (Å²) in [5, 5.41) is 0. The van der Waals surface area contributed by atoms with Crippen molar-refractivity contribution in [3.8, 4) is 0 Å². The molecule has 2 aliphatic heterocycles. The standard InChI is InChI=1S/C17H26N2O4/c1-10(2)12-8-14(20)18(16(12)22)6-5-7-19-15(21)9-13(11(3)4)17(19)23/h10-13H,5-9H2,1-4H3. The third kappa shape index (κ3) is 3.46. The van der Waals surface area contributed by atoms with Crippen molar-refractivity contribution >= 4 is 23.6 Å². The molecule has 2 rings (SSSR count). The van der Waals surface area contributed by atoms with E-state index in [4.69, 9.17) is 0 Å². The zero-order valence-corrected chi connectivity index (χ0v) is 14.4. The third-order valence-electron chi connectivity index (χ3n) is 4.93. The SMILES string of the molecule is CC(C)C1CC(=O)N(CCCN2C(=O)CC(C(C)C)C2=O)C1=O. The molecule has 0 radical (unpaired) electrons. The average Bonchev–Trinajstić information content (AvgIpc) is 2.90. The minimum Gasteiger partial charge on any atom is -0.282 e. The lowest BCUT2D eigenvalue weighted by atomic mass is 9.94. The first-order chi connectivity index (χ1) is 10.7. The van der Waals surface area contributed by atoms with E-state index >= 15 is 0 Å². The zero-order valence-electron chi connectivity index (χ0n) is 14.4. The Kier molecular flexibility index (Phi) is 5.22. The van der Waals surface area contributed by atoms with Crippen LogP contribution in [0.1, 0.15) is 47.0 Å². The predicted molar refractivity (Wildman–Crippen MR) is 83.9 cm³/mol. The van der Waals surface area contributed by atoms with Gasteiger partial charge in [-0.3, -0.25) is 29.0 Å². The summed E-state index contributed by atoms with van der Waals surface area (Å²) in [7, 11) is 0. The molecular formula is C17H26N2O4. The molecule has 2 aliphatic rings. The van der Waals surface area contributed by atoms with Gasteiger partial charge in [-0.05, 0) is 18.3 Å². The topological polar surface area (TPSA) is 74.8 Å². The van der Waals surface area contributed by atoms with Crippen molar-refractivity contribution in [1.82, 2.24) is 9.80 Å². The number of hydrogen-bond acceptors (Lipinski definition) is 4. The fourth-order valence-electron chi connectivity index (χ4n) is 3.32. The van der Waals surface area contributed by atoms with Crippen molar-refractivity contribution in [3.05, 3.63) is 0 Å². The van der Waals surface area contributed by atoms with Gasteiger partial charge in [0.2, 0.25) is 23.6 Å². The lowest BCUT2D eigenvalue weighted by molar-refractivity contribution is -0.139. The van der Waals surface area contributed by atoms with Gasteiger partial charge in [0, 0.05) is 37.8 Å². The van der Waals surface area contributed by atoms with Crippen LogP contribution in [-0.2, 0) is 19.2 Å². The molecule has 2 atom stereocenters. The molecule has 0 saturated carbocycles. The highest BCUT2D eigenvalue weighted by Gasteiger charge is 2.41. The van der Waals surface area contributed by atoms with Gasteiger partial charge in [0.05, 0.1) is 0 Å². The summed E-state index contributed by atoms with van der Waals surface area (Å²) in [6.45, 7) is 8.31. The summed E-state index contributed by atoms with van der Waals surface area (Å²) in [5.74, 6) is -0.713. The smallest absolute Gasteiger partial charge is 0.233 e. The molecule has 128 valence electrons. The van der Waals surface area contributed by atoms with E-state index in [2.05, 4.69) is 0 Å². The van der Waals surface area contributed by atoms with Gasteiger partial charge in [-0.2, -0.15) is 0 Å². The van der Waals surface area contributed by atoms with E-state index < -0.39 is 0 Å². The van der Waals surface area contributed by atoms with Gasteiger partial charge in [0.15, 0.2) is 0 Å². The average molecular weight is 322 g/mol. The molecule has 0 N–H and O–H groups in total. The molecule has 0 aliphatic carbocycles. The van der Waals surface area contributed by atoms with Gasteiger partial charge in [0.25, 0.3) is 0 Å². The van der Waals surface area contributed by atoms with Crippen LogP contribution in [0, 0.1) is 23.7 Å². The summed E-state index contributed by atoms with van der Waals surface area (Å²) < 4.78 is 0. The summed E-state index contributed by atoms with van der Waals surface area (Å²) in [4.78, 5) is 50.9. The maximum absolute atomic E-state index is 12.2. The van der Waals surface area contributed by atoms with Crippen LogP contribution in [-0.4, -0.2) is 46.5 Å². The Morgan fingerprint density at radius 1 is 0.783 bits per heavy atom. The van der Waals surface area contributed by atoms with Gasteiger partial charge in [-0.25, -0.2) is 0 Å². The van der Waals surface area contributed by atoms with Crippen molar-refractivity contribution in [3.63, 3.8) is 0 Å². The van der Waals surface area contributed by atoms with Crippen LogP contribution < -0.4 is 0 Å². The van der Waals surface area contributed by atoms with E-state index in [0.717, 1.165) is 0 Å². The molecule has 0 aromatic rings. The lowest BCUT2D eigenvalue weighted by Gasteiger charge is -2.19. The van der Waals surface area contributed by atoms with Gasteiger partial charge in [0.1, 0.15) is 0 Å². The Labute approximate surface area is 137 Å². The number of nitrogens with zero attached hydrogens (tertiary/aromatic N) is 2. The summed E-state index contributed by atoms with van der Waals surface area (Å²) in [6.07, 6.45) is 0.992. The first-order valence-electron chi connectivity index (χ1n) is 8.42. The van der Waals surface area contributed by atoms with Crippen LogP contribution in [0.2, 0.25) is 0 Å². The normalized spacial score (nSPS) is 25.7. The molecule has 0 aromatic heterocycles. The number of hydrogen-bond donors (Lipinski definition) is 0. The van der Waals surface area contributed by atoms with Crippen LogP contribution >= 0.6 is 0 Å². The molecule has 4 amide bonds. The third-order valence-corrected chi connectivity index (χ3v) is 4.93. The fourth-order valence-corrected chi connectivity index (χ4v) is 3.32. The highest BCUT2D eigenvalue weighted by atomic mass is 16.2. The van der Waals surface area contributed by atoms with Crippen molar-refractivity contribution in [2.75, 3.05) is 13.1 Å². The summed E-state index contributed by atoms with van der Waals surface area (Å²) in [6, 6.07) is 0. The number of amides is 4. The molecule has 0 spiro atoms. The van der Waals surface area contributed by atoms with Gasteiger partial charge >= 0.3 is 0 Å².